The first kappa shape index (κ1) is 27.2. The summed E-state index contributed by atoms with van der Waals surface area (Å²) in [5.41, 5.74) is -0.267. The molecule has 2 atom stereocenters. The van der Waals surface area contributed by atoms with Gasteiger partial charge >= 0.3 is 6.09 Å². The van der Waals surface area contributed by atoms with Crippen molar-refractivity contribution in [1.82, 2.24) is 15.5 Å². The number of nitrogens with one attached hydrogen (secondary N) is 2. The van der Waals surface area contributed by atoms with Crippen molar-refractivity contribution in [2.75, 3.05) is 19.7 Å². The lowest BCUT2D eigenvalue weighted by Crippen LogP contribution is -2.54. The third-order valence-corrected chi connectivity index (χ3v) is 4.52. The molecular weight excluding hydrogens is 414 g/mol. The van der Waals surface area contributed by atoms with Gasteiger partial charge in [0.2, 0.25) is 11.8 Å². The maximum Gasteiger partial charge on any atom is 0.408 e. The quantitative estimate of drug-likeness (QED) is 0.383. The molecule has 0 aromatic heterocycles. The Morgan fingerprint density at radius 1 is 1.09 bits per heavy atom. The highest BCUT2D eigenvalue weighted by Crippen LogP contribution is 2.25. The maximum absolute atomic E-state index is 13.3. The largest absolute Gasteiger partial charge is 0.508 e. The predicted octanol–water partition coefficient (Wildman–Crippen LogP) is 2.47. The third-order valence-electron chi connectivity index (χ3n) is 4.52. The van der Waals surface area contributed by atoms with Gasteiger partial charge in [-0.25, -0.2) is 4.79 Å². The Balaban J connectivity index is 3.23. The average Bonchev–Trinajstić information content (AvgIpc) is 2.71. The first-order chi connectivity index (χ1) is 15.0. The number of rotatable bonds is 11. The molecule has 9 nitrogen and oxygen atoms in total. The summed E-state index contributed by atoms with van der Waals surface area (Å²) in [6.07, 6.45) is 1.39. The van der Waals surface area contributed by atoms with Gasteiger partial charge in [-0.1, -0.05) is 32.4 Å². The standard InChI is InChI=1S/C23H37N3O6/c1-6-8-13-24-20(29)19(16-9-11-17(28)12-10-16)26(14-7-2)21(30)18(15-27)25-22(31)32-23(3,4)5/h9-12,18-19,27-28H,6-8,13-15H2,1-5H3,(H,24,29)(H,25,31). The Bertz CT molecular complexity index is 745. The fourth-order valence-corrected chi connectivity index (χ4v) is 3.06. The summed E-state index contributed by atoms with van der Waals surface area (Å²) in [4.78, 5) is 40.0. The molecule has 9 heteroatoms. The average molecular weight is 452 g/mol. The van der Waals surface area contributed by atoms with Crippen molar-refractivity contribution in [3.63, 3.8) is 0 Å². The van der Waals surface area contributed by atoms with Crippen LogP contribution >= 0.6 is 0 Å². The smallest absolute Gasteiger partial charge is 0.408 e. The Kier molecular flexibility index (Phi) is 11.0. The number of benzene rings is 1. The number of hydrogen-bond donors (Lipinski definition) is 4. The van der Waals surface area contributed by atoms with Gasteiger partial charge in [0.15, 0.2) is 0 Å². The van der Waals surface area contributed by atoms with Crippen LogP contribution in [0.4, 0.5) is 4.79 Å². The topological polar surface area (TPSA) is 128 Å². The van der Waals surface area contributed by atoms with Crippen molar-refractivity contribution in [2.45, 2.75) is 71.6 Å². The zero-order valence-corrected chi connectivity index (χ0v) is 19.7. The van der Waals surface area contributed by atoms with E-state index < -0.39 is 36.3 Å². The normalized spacial score (nSPS) is 13.1. The van der Waals surface area contributed by atoms with Crippen LogP contribution in [0.3, 0.4) is 0 Å². The molecule has 1 rings (SSSR count). The molecule has 0 aliphatic carbocycles. The highest BCUT2D eigenvalue weighted by atomic mass is 16.6. The highest BCUT2D eigenvalue weighted by molar-refractivity contribution is 5.92. The highest BCUT2D eigenvalue weighted by Gasteiger charge is 2.35. The third kappa shape index (κ3) is 8.74. The number of alkyl carbamates (subject to hydrolysis) is 1. The van der Waals surface area contributed by atoms with Crippen LogP contribution in [-0.4, -0.2) is 64.4 Å². The second kappa shape index (κ2) is 12.9. The van der Waals surface area contributed by atoms with Crippen LogP contribution in [0.1, 0.15) is 65.5 Å². The summed E-state index contributed by atoms with van der Waals surface area (Å²) in [6, 6.07) is 3.76. The van der Waals surface area contributed by atoms with Crippen LogP contribution in [-0.2, 0) is 14.3 Å². The van der Waals surface area contributed by atoms with Crippen LogP contribution in [0.2, 0.25) is 0 Å². The number of carbonyl (C=O) groups excluding carboxylic acids is 3. The van der Waals surface area contributed by atoms with Crippen molar-refractivity contribution < 1.29 is 29.3 Å². The minimum absolute atomic E-state index is 0.0343. The Hall–Kier alpha value is -2.81. The number of aliphatic hydroxyl groups excluding tert-OH is 1. The van der Waals surface area contributed by atoms with Gasteiger partial charge in [0.1, 0.15) is 23.4 Å². The molecule has 0 spiro atoms. The summed E-state index contributed by atoms with van der Waals surface area (Å²) >= 11 is 0. The Labute approximate surface area is 190 Å². The lowest BCUT2D eigenvalue weighted by Gasteiger charge is -2.34. The molecule has 0 aliphatic rings. The van der Waals surface area contributed by atoms with E-state index in [4.69, 9.17) is 4.74 Å². The van der Waals surface area contributed by atoms with Crippen molar-refractivity contribution in [2.24, 2.45) is 0 Å². The predicted molar refractivity (Wildman–Crippen MR) is 121 cm³/mol. The van der Waals surface area contributed by atoms with Gasteiger partial charge in [-0.3, -0.25) is 9.59 Å². The number of unbranched alkanes of at least 4 members (excludes halogenated alkanes) is 1. The van der Waals surface area contributed by atoms with E-state index >= 15 is 0 Å². The van der Waals surface area contributed by atoms with E-state index in [0.717, 1.165) is 12.8 Å². The van der Waals surface area contributed by atoms with Crippen LogP contribution in [0.15, 0.2) is 24.3 Å². The Morgan fingerprint density at radius 3 is 2.22 bits per heavy atom. The second-order valence-electron chi connectivity index (χ2n) is 8.55. The van der Waals surface area contributed by atoms with Crippen molar-refractivity contribution >= 4 is 17.9 Å². The number of carbonyl (C=O) groups is 3. The van der Waals surface area contributed by atoms with E-state index in [1.165, 1.54) is 17.0 Å². The van der Waals surface area contributed by atoms with Crippen molar-refractivity contribution in [1.29, 1.82) is 0 Å². The summed E-state index contributed by atoms with van der Waals surface area (Å²) in [5.74, 6) is -0.948. The van der Waals surface area contributed by atoms with Crippen molar-refractivity contribution in [3.8, 4) is 5.75 Å². The molecule has 0 radical (unpaired) electrons. The first-order valence-corrected chi connectivity index (χ1v) is 11.0. The molecule has 1 aromatic carbocycles. The number of nitrogens with zero attached hydrogens (tertiary/aromatic N) is 1. The van der Waals surface area contributed by atoms with E-state index in [2.05, 4.69) is 10.6 Å². The second-order valence-corrected chi connectivity index (χ2v) is 8.55. The molecule has 0 bridgehead atoms. The minimum Gasteiger partial charge on any atom is -0.508 e. The molecule has 3 amide bonds. The van der Waals surface area contributed by atoms with E-state index in [9.17, 15) is 24.6 Å². The monoisotopic (exact) mass is 451 g/mol. The SMILES string of the molecule is CCCCNC(=O)C(c1ccc(O)cc1)N(CCC)C(=O)C(CO)NC(=O)OC(C)(C)C. The van der Waals surface area contributed by atoms with Crippen LogP contribution in [0.25, 0.3) is 0 Å². The first-order valence-electron chi connectivity index (χ1n) is 11.0. The molecule has 32 heavy (non-hydrogen) atoms. The van der Waals surface area contributed by atoms with Gasteiger partial charge in [-0.2, -0.15) is 0 Å². The summed E-state index contributed by atoms with van der Waals surface area (Å²) in [6.45, 7) is 8.95. The van der Waals surface area contributed by atoms with Gasteiger partial charge in [-0.05, 0) is 51.3 Å². The van der Waals surface area contributed by atoms with E-state index in [1.807, 2.05) is 13.8 Å². The van der Waals surface area contributed by atoms with E-state index in [-0.39, 0.29) is 18.2 Å². The van der Waals surface area contributed by atoms with E-state index in [0.29, 0.717) is 18.5 Å². The lowest BCUT2D eigenvalue weighted by molar-refractivity contribution is -0.143. The number of phenols is 1. The molecule has 2 unspecified atom stereocenters. The Morgan fingerprint density at radius 2 is 1.72 bits per heavy atom. The number of ether oxygens (including phenoxy) is 1. The van der Waals surface area contributed by atoms with E-state index in [1.54, 1.807) is 32.9 Å². The molecule has 180 valence electrons. The van der Waals surface area contributed by atoms with Gasteiger partial charge in [0.25, 0.3) is 0 Å². The van der Waals surface area contributed by atoms with Gasteiger partial charge in [-0.15, -0.1) is 0 Å². The fourth-order valence-electron chi connectivity index (χ4n) is 3.06. The molecule has 0 heterocycles. The number of phenolic OH excluding ortho intramolecular Hbond substituents is 1. The fraction of sp³-hybridized carbons (Fsp3) is 0.609. The maximum atomic E-state index is 13.3. The number of aromatic hydroxyl groups is 1. The summed E-state index contributed by atoms with van der Waals surface area (Å²) in [5, 5.41) is 24.7. The van der Waals surface area contributed by atoms with Gasteiger partial charge in [0, 0.05) is 13.1 Å². The minimum atomic E-state index is -1.28. The summed E-state index contributed by atoms with van der Waals surface area (Å²) < 4.78 is 5.19. The lowest BCUT2D eigenvalue weighted by atomic mass is 10.0. The summed E-state index contributed by atoms with van der Waals surface area (Å²) in [7, 11) is 0. The molecule has 4 N–H and O–H groups in total. The zero-order valence-electron chi connectivity index (χ0n) is 19.7. The molecule has 0 fully saturated rings. The molecule has 0 aliphatic heterocycles. The van der Waals surface area contributed by atoms with Crippen LogP contribution in [0, 0.1) is 0 Å². The van der Waals surface area contributed by atoms with Crippen LogP contribution < -0.4 is 10.6 Å². The van der Waals surface area contributed by atoms with Crippen LogP contribution in [0.5, 0.6) is 5.75 Å². The number of aliphatic hydroxyl groups is 1. The molecule has 0 saturated heterocycles. The number of hydrogen-bond acceptors (Lipinski definition) is 6. The van der Waals surface area contributed by atoms with Gasteiger partial charge in [0.05, 0.1) is 6.61 Å². The molecule has 1 aromatic rings. The van der Waals surface area contributed by atoms with Crippen molar-refractivity contribution in [3.05, 3.63) is 29.8 Å². The number of amides is 3. The zero-order chi connectivity index (χ0) is 24.3. The molecular formula is C23H37N3O6. The van der Waals surface area contributed by atoms with Gasteiger partial charge < -0.3 is 30.5 Å². The molecule has 0 saturated carbocycles.